The number of carbonyl (C=O) groups is 1. The van der Waals surface area contributed by atoms with Crippen molar-refractivity contribution in [1.82, 2.24) is 15.3 Å². The zero-order valence-electron chi connectivity index (χ0n) is 14.7. The lowest BCUT2D eigenvalue weighted by atomic mass is 10.0. The minimum Gasteiger partial charge on any atom is -0.508 e. The van der Waals surface area contributed by atoms with E-state index in [1.165, 1.54) is 0 Å². The van der Waals surface area contributed by atoms with E-state index in [0.29, 0.717) is 25.9 Å². The Balaban J connectivity index is 1.80. The number of ether oxygens (including phenoxy) is 1. The third-order valence-electron chi connectivity index (χ3n) is 4.20. The second kappa shape index (κ2) is 8.49. The second-order valence-electron chi connectivity index (χ2n) is 6.23. The van der Waals surface area contributed by atoms with Gasteiger partial charge in [0.25, 0.3) is 0 Å². The van der Waals surface area contributed by atoms with Gasteiger partial charge in [-0.05, 0) is 42.7 Å². The molecule has 6 nitrogen and oxygen atoms in total. The highest BCUT2D eigenvalue weighted by Gasteiger charge is 2.19. The van der Waals surface area contributed by atoms with Gasteiger partial charge in [-0.3, -0.25) is 4.79 Å². The van der Waals surface area contributed by atoms with E-state index in [4.69, 9.17) is 4.74 Å². The number of nitrogens with one attached hydrogen (secondary N) is 2. The van der Waals surface area contributed by atoms with Crippen LogP contribution in [0.1, 0.15) is 30.3 Å². The minimum atomic E-state index is -0.276. The molecule has 1 amide bonds. The molecule has 0 bridgehead atoms. The zero-order chi connectivity index (χ0) is 18.4. The van der Waals surface area contributed by atoms with Crippen molar-refractivity contribution in [2.75, 3.05) is 13.7 Å². The topological polar surface area (TPSA) is 87.2 Å². The quantitative estimate of drug-likeness (QED) is 0.543. The van der Waals surface area contributed by atoms with Gasteiger partial charge in [0.15, 0.2) is 0 Å². The molecule has 0 saturated carbocycles. The SMILES string of the molecule is COCCCC(=O)N[C@@H](Cc1ccc(O)cc1)c1nc2ccccc2[nH]1. The summed E-state index contributed by atoms with van der Waals surface area (Å²) in [5.41, 5.74) is 2.81. The van der Waals surface area contributed by atoms with Crippen LogP contribution in [0.2, 0.25) is 0 Å². The number of benzene rings is 2. The van der Waals surface area contributed by atoms with Crippen molar-refractivity contribution in [3.8, 4) is 5.75 Å². The molecule has 6 heteroatoms. The Hall–Kier alpha value is -2.86. The van der Waals surface area contributed by atoms with Crippen LogP contribution in [0.15, 0.2) is 48.5 Å². The van der Waals surface area contributed by atoms with Crippen LogP contribution < -0.4 is 5.32 Å². The highest BCUT2D eigenvalue weighted by atomic mass is 16.5. The van der Waals surface area contributed by atoms with Gasteiger partial charge in [0.05, 0.1) is 17.1 Å². The Morgan fingerprint density at radius 3 is 2.73 bits per heavy atom. The number of aromatic amines is 1. The number of amides is 1. The summed E-state index contributed by atoms with van der Waals surface area (Å²) in [5.74, 6) is 0.906. The molecular weight excluding hydrogens is 330 g/mol. The molecule has 0 saturated heterocycles. The van der Waals surface area contributed by atoms with Gasteiger partial charge in [-0.1, -0.05) is 24.3 Å². The zero-order valence-corrected chi connectivity index (χ0v) is 14.7. The van der Waals surface area contributed by atoms with Gasteiger partial charge >= 0.3 is 0 Å². The molecule has 3 N–H and O–H groups in total. The van der Waals surface area contributed by atoms with Crippen LogP contribution >= 0.6 is 0 Å². The molecular formula is C20H23N3O3. The number of phenolic OH excluding ortho intramolecular Hbond substituents is 1. The number of para-hydroxylation sites is 2. The van der Waals surface area contributed by atoms with Crippen LogP contribution in [-0.4, -0.2) is 34.7 Å². The summed E-state index contributed by atoms with van der Waals surface area (Å²) >= 11 is 0. The average molecular weight is 353 g/mol. The molecule has 0 spiro atoms. The molecule has 3 aromatic rings. The third-order valence-corrected chi connectivity index (χ3v) is 4.20. The van der Waals surface area contributed by atoms with E-state index in [9.17, 15) is 9.90 Å². The highest BCUT2D eigenvalue weighted by molar-refractivity contribution is 5.77. The molecule has 1 atom stereocenters. The van der Waals surface area contributed by atoms with Crippen LogP contribution in [0.3, 0.4) is 0 Å². The van der Waals surface area contributed by atoms with Gasteiger partial charge < -0.3 is 20.1 Å². The molecule has 2 aromatic carbocycles. The minimum absolute atomic E-state index is 0.0358. The van der Waals surface area contributed by atoms with E-state index in [2.05, 4.69) is 15.3 Å². The number of aromatic nitrogens is 2. The Morgan fingerprint density at radius 2 is 2.00 bits per heavy atom. The van der Waals surface area contributed by atoms with E-state index in [1.807, 2.05) is 36.4 Å². The molecule has 26 heavy (non-hydrogen) atoms. The van der Waals surface area contributed by atoms with Crippen LogP contribution in [-0.2, 0) is 16.0 Å². The van der Waals surface area contributed by atoms with Crippen molar-refractivity contribution in [2.24, 2.45) is 0 Å². The maximum Gasteiger partial charge on any atom is 0.220 e. The fourth-order valence-electron chi connectivity index (χ4n) is 2.86. The summed E-state index contributed by atoms with van der Waals surface area (Å²) in [4.78, 5) is 20.2. The first kappa shape index (κ1) is 17.9. The van der Waals surface area contributed by atoms with Crippen LogP contribution in [0.4, 0.5) is 0 Å². The number of phenols is 1. The van der Waals surface area contributed by atoms with Gasteiger partial charge in [-0.2, -0.15) is 0 Å². The summed E-state index contributed by atoms with van der Waals surface area (Å²) < 4.78 is 5.01. The first-order valence-corrected chi connectivity index (χ1v) is 8.66. The Kier molecular flexibility index (Phi) is 5.86. The van der Waals surface area contributed by atoms with E-state index < -0.39 is 0 Å². The lowest BCUT2D eigenvalue weighted by Crippen LogP contribution is -2.30. The summed E-state index contributed by atoms with van der Waals surface area (Å²) in [7, 11) is 1.62. The van der Waals surface area contributed by atoms with Gasteiger partial charge in [0, 0.05) is 20.1 Å². The van der Waals surface area contributed by atoms with E-state index in [0.717, 1.165) is 22.4 Å². The van der Waals surface area contributed by atoms with Crippen molar-refractivity contribution in [3.05, 3.63) is 59.9 Å². The first-order chi connectivity index (χ1) is 12.7. The molecule has 1 aromatic heterocycles. The lowest BCUT2D eigenvalue weighted by molar-refractivity contribution is -0.122. The van der Waals surface area contributed by atoms with Crippen LogP contribution in [0.5, 0.6) is 5.75 Å². The fourth-order valence-corrected chi connectivity index (χ4v) is 2.86. The van der Waals surface area contributed by atoms with Crippen molar-refractivity contribution >= 4 is 16.9 Å². The summed E-state index contributed by atoms with van der Waals surface area (Å²) in [5, 5.41) is 12.5. The number of rotatable bonds is 8. The van der Waals surface area contributed by atoms with E-state index >= 15 is 0 Å². The maximum atomic E-state index is 12.3. The van der Waals surface area contributed by atoms with Gasteiger partial charge in [-0.15, -0.1) is 0 Å². The lowest BCUT2D eigenvalue weighted by Gasteiger charge is -2.17. The molecule has 0 radical (unpaired) electrons. The number of hydrogen-bond donors (Lipinski definition) is 3. The number of fused-ring (bicyclic) bond motifs is 1. The standard InChI is InChI=1S/C20H23N3O3/c1-26-12-4-7-19(25)21-18(13-14-8-10-15(24)11-9-14)20-22-16-5-2-3-6-17(16)23-20/h2-3,5-6,8-11,18,24H,4,7,12-13H2,1H3,(H,21,25)(H,22,23)/t18-/m0/s1. The predicted molar refractivity (Wildman–Crippen MR) is 99.9 cm³/mol. The van der Waals surface area contributed by atoms with Gasteiger partial charge in [-0.25, -0.2) is 4.98 Å². The largest absolute Gasteiger partial charge is 0.508 e. The predicted octanol–water partition coefficient (Wildman–Crippen LogP) is 3.10. The Morgan fingerprint density at radius 1 is 1.23 bits per heavy atom. The molecule has 0 unspecified atom stereocenters. The summed E-state index contributed by atoms with van der Waals surface area (Å²) in [6.45, 7) is 0.556. The Bertz CT molecular complexity index is 825. The van der Waals surface area contributed by atoms with Crippen LogP contribution in [0, 0.1) is 0 Å². The Labute approximate surface area is 152 Å². The average Bonchev–Trinajstić information content (AvgIpc) is 3.07. The van der Waals surface area contributed by atoms with E-state index in [1.54, 1.807) is 19.2 Å². The van der Waals surface area contributed by atoms with Crippen molar-refractivity contribution in [3.63, 3.8) is 0 Å². The molecule has 0 aliphatic carbocycles. The number of carbonyl (C=O) groups excluding carboxylic acids is 1. The molecule has 0 aliphatic rings. The highest BCUT2D eigenvalue weighted by Crippen LogP contribution is 2.21. The number of imidazole rings is 1. The maximum absolute atomic E-state index is 12.3. The molecule has 1 heterocycles. The third kappa shape index (κ3) is 4.61. The molecule has 0 fully saturated rings. The van der Waals surface area contributed by atoms with Gasteiger partial charge in [0.2, 0.25) is 5.91 Å². The van der Waals surface area contributed by atoms with Crippen molar-refractivity contribution < 1.29 is 14.6 Å². The summed E-state index contributed by atoms with van der Waals surface area (Å²) in [6, 6.07) is 14.5. The number of hydrogen-bond acceptors (Lipinski definition) is 4. The molecule has 136 valence electrons. The molecule has 0 aliphatic heterocycles. The smallest absolute Gasteiger partial charge is 0.220 e. The monoisotopic (exact) mass is 353 g/mol. The normalized spacial score (nSPS) is 12.2. The van der Waals surface area contributed by atoms with Gasteiger partial charge in [0.1, 0.15) is 11.6 Å². The second-order valence-corrected chi connectivity index (χ2v) is 6.23. The molecule has 3 rings (SSSR count). The first-order valence-electron chi connectivity index (χ1n) is 8.66. The number of H-pyrrole nitrogens is 1. The number of methoxy groups -OCH3 is 1. The summed E-state index contributed by atoms with van der Waals surface area (Å²) in [6.07, 6.45) is 1.66. The fraction of sp³-hybridized carbons (Fsp3) is 0.300. The number of nitrogens with zero attached hydrogens (tertiary/aromatic N) is 1. The van der Waals surface area contributed by atoms with Crippen LogP contribution in [0.25, 0.3) is 11.0 Å². The van der Waals surface area contributed by atoms with Crippen molar-refractivity contribution in [2.45, 2.75) is 25.3 Å². The van der Waals surface area contributed by atoms with E-state index in [-0.39, 0.29) is 17.7 Å². The van der Waals surface area contributed by atoms with Crippen molar-refractivity contribution in [1.29, 1.82) is 0 Å². The number of aromatic hydroxyl groups is 1.